The second-order valence-electron chi connectivity index (χ2n) is 3.55. The average molecular weight is 198 g/mol. The van der Waals surface area contributed by atoms with Gasteiger partial charge < -0.3 is 14.8 Å². The predicted octanol–water partition coefficient (Wildman–Crippen LogP) is -3.34. The van der Waals surface area contributed by atoms with Crippen molar-refractivity contribution in [2.75, 3.05) is 18.0 Å². The first-order chi connectivity index (χ1) is 6.75. The number of carboxylic acid groups (broad SMARTS) is 1. The molecule has 1 aliphatic rings. The number of hydrogen-bond donors (Lipinski definition) is 0. The SMILES string of the molecule is O=C([O-])CC1CN(c2ccncc2)C1.[Li+]. The Morgan fingerprint density at radius 1 is 1.47 bits per heavy atom. The van der Waals surface area contributed by atoms with Crippen LogP contribution in [0.25, 0.3) is 0 Å². The fraction of sp³-hybridized carbons (Fsp3) is 0.400. The van der Waals surface area contributed by atoms with Gasteiger partial charge in [-0.15, -0.1) is 0 Å². The first-order valence-corrected chi connectivity index (χ1v) is 4.60. The summed E-state index contributed by atoms with van der Waals surface area (Å²) in [6, 6.07) is 3.85. The minimum absolute atomic E-state index is 0. The number of carboxylic acids is 1. The topological polar surface area (TPSA) is 56.3 Å². The molecule has 0 bridgehead atoms. The van der Waals surface area contributed by atoms with Gasteiger partial charge in [-0.05, 0) is 24.5 Å². The zero-order valence-corrected chi connectivity index (χ0v) is 8.72. The average Bonchev–Trinajstić information content (AvgIpc) is 2.12. The van der Waals surface area contributed by atoms with Gasteiger partial charge in [-0.2, -0.15) is 0 Å². The van der Waals surface area contributed by atoms with E-state index < -0.39 is 5.97 Å². The van der Waals surface area contributed by atoms with E-state index in [1.165, 1.54) is 0 Å². The molecule has 1 aromatic rings. The monoisotopic (exact) mass is 198 g/mol. The molecule has 0 atom stereocenters. The van der Waals surface area contributed by atoms with E-state index >= 15 is 0 Å². The van der Waals surface area contributed by atoms with Gasteiger partial charge in [-0.3, -0.25) is 4.98 Å². The second-order valence-corrected chi connectivity index (χ2v) is 3.55. The number of aliphatic carboxylic acids is 1. The van der Waals surface area contributed by atoms with Crippen molar-refractivity contribution in [1.82, 2.24) is 4.98 Å². The van der Waals surface area contributed by atoms with E-state index in [-0.39, 0.29) is 31.2 Å². The minimum Gasteiger partial charge on any atom is -0.550 e. The molecule has 0 amide bonds. The van der Waals surface area contributed by atoms with Crippen LogP contribution >= 0.6 is 0 Å². The number of anilines is 1. The molecule has 4 nitrogen and oxygen atoms in total. The molecule has 0 aliphatic carbocycles. The molecule has 0 N–H and O–H groups in total. The van der Waals surface area contributed by atoms with Crippen molar-refractivity contribution in [3.63, 3.8) is 0 Å². The van der Waals surface area contributed by atoms with Crippen LogP contribution in [0.3, 0.4) is 0 Å². The summed E-state index contributed by atoms with van der Waals surface area (Å²) in [5, 5.41) is 10.3. The zero-order chi connectivity index (χ0) is 9.97. The van der Waals surface area contributed by atoms with Gasteiger partial charge in [0.05, 0.1) is 0 Å². The molecule has 0 spiro atoms. The molecule has 0 unspecified atom stereocenters. The van der Waals surface area contributed by atoms with Gasteiger partial charge in [0.2, 0.25) is 0 Å². The quantitative estimate of drug-likeness (QED) is 0.476. The molecule has 2 heterocycles. The Hall–Kier alpha value is -0.983. The number of hydrogen-bond acceptors (Lipinski definition) is 4. The maximum Gasteiger partial charge on any atom is 1.00 e. The third-order valence-corrected chi connectivity index (χ3v) is 2.44. The van der Waals surface area contributed by atoms with Crippen LogP contribution in [0, 0.1) is 5.92 Å². The molecular weight excluding hydrogens is 187 g/mol. The third-order valence-electron chi connectivity index (χ3n) is 2.44. The number of nitrogens with zero attached hydrogens (tertiary/aromatic N) is 2. The Kier molecular flexibility index (Phi) is 4.19. The van der Waals surface area contributed by atoms with Crippen LogP contribution in [0.2, 0.25) is 0 Å². The Morgan fingerprint density at radius 2 is 2.07 bits per heavy atom. The van der Waals surface area contributed by atoms with Crippen LogP contribution in [0.1, 0.15) is 6.42 Å². The first kappa shape index (κ1) is 12.1. The Morgan fingerprint density at radius 3 is 2.60 bits per heavy atom. The van der Waals surface area contributed by atoms with E-state index in [2.05, 4.69) is 9.88 Å². The fourth-order valence-electron chi connectivity index (χ4n) is 1.70. The number of pyridine rings is 1. The fourth-order valence-corrected chi connectivity index (χ4v) is 1.70. The van der Waals surface area contributed by atoms with Gasteiger partial charge in [-0.25, -0.2) is 0 Å². The Bertz CT molecular complexity index is 325. The van der Waals surface area contributed by atoms with Crippen molar-refractivity contribution in [2.45, 2.75) is 6.42 Å². The van der Waals surface area contributed by atoms with Crippen molar-refractivity contribution in [3.8, 4) is 0 Å². The van der Waals surface area contributed by atoms with Gasteiger partial charge >= 0.3 is 18.9 Å². The molecular formula is C10H11LiN2O2. The van der Waals surface area contributed by atoms with Crippen molar-refractivity contribution < 1.29 is 28.8 Å². The molecule has 1 saturated heterocycles. The molecule has 0 saturated carbocycles. The summed E-state index contributed by atoms with van der Waals surface area (Å²) in [5.74, 6) is -0.711. The van der Waals surface area contributed by atoms with E-state index in [4.69, 9.17) is 0 Å². The van der Waals surface area contributed by atoms with Crippen molar-refractivity contribution in [1.29, 1.82) is 0 Å². The van der Waals surface area contributed by atoms with Crippen LogP contribution in [0.5, 0.6) is 0 Å². The van der Waals surface area contributed by atoms with Gasteiger partial charge in [-0.1, -0.05) is 0 Å². The Labute approximate surface area is 100 Å². The molecule has 0 aromatic carbocycles. The molecule has 5 heteroatoms. The summed E-state index contributed by atoms with van der Waals surface area (Å²) in [6.07, 6.45) is 3.64. The summed E-state index contributed by atoms with van der Waals surface area (Å²) < 4.78 is 0. The smallest absolute Gasteiger partial charge is 0.550 e. The predicted molar refractivity (Wildman–Crippen MR) is 49.6 cm³/mol. The maximum atomic E-state index is 10.3. The van der Waals surface area contributed by atoms with Gasteiger partial charge in [0, 0.05) is 37.1 Å². The third kappa shape index (κ3) is 2.98. The molecule has 2 rings (SSSR count). The maximum absolute atomic E-state index is 10.3. The van der Waals surface area contributed by atoms with Gasteiger partial charge in [0.1, 0.15) is 0 Å². The number of carbonyl (C=O) groups is 1. The first-order valence-electron chi connectivity index (χ1n) is 4.60. The van der Waals surface area contributed by atoms with E-state index in [1.807, 2.05) is 12.1 Å². The van der Waals surface area contributed by atoms with Gasteiger partial charge in [0.15, 0.2) is 0 Å². The number of rotatable bonds is 3. The summed E-state index contributed by atoms with van der Waals surface area (Å²) in [4.78, 5) is 16.4. The Balaban J connectivity index is 0.00000112. The molecule has 15 heavy (non-hydrogen) atoms. The van der Waals surface area contributed by atoms with Crippen LogP contribution in [0.15, 0.2) is 24.5 Å². The van der Waals surface area contributed by atoms with Crippen molar-refractivity contribution in [3.05, 3.63) is 24.5 Å². The molecule has 0 radical (unpaired) electrons. The number of aromatic nitrogens is 1. The van der Waals surface area contributed by atoms with Crippen LogP contribution in [-0.2, 0) is 4.79 Å². The standard InChI is InChI=1S/C10H12N2O2.Li/c13-10(14)5-8-6-12(7-8)9-1-3-11-4-2-9;/h1-4,8H,5-7H2,(H,13,14);/q;+1/p-1. The molecule has 1 aromatic heterocycles. The van der Waals surface area contributed by atoms with Crippen molar-refractivity contribution in [2.24, 2.45) is 5.92 Å². The largest absolute Gasteiger partial charge is 1.00 e. The molecule has 1 aliphatic heterocycles. The summed E-state index contributed by atoms with van der Waals surface area (Å²) in [7, 11) is 0. The normalized spacial score (nSPS) is 15.3. The van der Waals surface area contributed by atoms with E-state index in [0.717, 1.165) is 18.8 Å². The summed E-state index contributed by atoms with van der Waals surface area (Å²) >= 11 is 0. The van der Waals surface area contributed by atoms with Crippen LogP contribution < -0.4 is 28.9 Å². The van der Waals surface area contributed by atoms with Crippen LogP contribution in [-0.4, -0.2) is 24.0 Å². The minimum atomic E-state index is -0.954. The molecule has 74 valence electrons. The van der Waals surface area contributed by atoms with E-state index in [1.54, 1.807) is 12.4 Å². The van der Waals surface area contributed by atoms with Gasteiger partial charge in [0.25, 0.3) is 0 Å². The summed E-state index contributed by atoms with van der Waals surface area (Å²) in [5.41, 5.74) is 1.11. The summed E-state index contributed by atoms with van der Waals surface area (Å²) in [6.45, 7) is 1.61. The second kappa shape index (κ2) is 5.20. The van der Waals surface area contributed by atoms with Crippen molar-refractivity contribution >= 4 is 11.7 Å². The zero-order valence-electron chi connectivity index (χ0n) is 8.72. The van der Waals surface area contributed by atoms with E-state index in [0.29, 0.717) is 0 Å². The number of carbonyl (C=O) groups excluding carboxylic acids is 1. The van der Waals surface area contributed by atoms with E-state index in [9.17, 15) is 9.90 Å². The molecule has 1 fully saturated rings. The van der Waals surface area contributed by atoms with Crippen LogP contribution in [0.4, 0.5) is 5.69 Å².